The number of nitrogens with one attached hydrogen (secondary N) is 2. The zero-order valence-electron chi connectivity index (χ0n) is 24.9. The fourth-order valence-electron chi connectivity index (χ4n) is 3.61. The van der Waals surface area contributed by atoms with E-state index in [1.165, 1.54) is 30.7 Å². The van der Waals surface area contributed by atoms with Crippen molar-refractivity contribution in [1.29, 1.82) is 0 Å². The van der Waals surface area contributed by atoms with Gasteiger partial charge in [0.05, 0.1) is 0 Å². The molecule has 0 spiro atoms. The van der Waals surface area contributed by atoms with Crippen molar-refractivity contribution < 1.29 is 44.1 Å². The van der Waals surface area contributed by atoms with Gasteiger partial charge in [0.15, 0.2) is 5.78 Å². The molecule has 43 heavy (non-hydrogen) atoms. The lowest BCUT2D eigenvalue weighted by atomic mass is 10.1. The van der Waals surface area contributed by atoms with E-state index >= 15 is 0 Å². The molecular formula is C30H47N3O9S. The number of amides is 2. The van der Waals surface area contributed by atoms with Crippen molar-refractivity contribution in [1.82, 2.24) is 10.6 Å². The van der Waals surface area contributed by atoms with E-state index in [1.54, 1.807) is 6.08 Å². The van der Waals surface area contributed by atoms with Crippen LogP contribution in [0.3, 0.4) is 0 Å². The molecule has 0 fully saturated rings. The van der Waals surface area contributed by atoms with Crippen LogP contribution >= 0.6 is 11.8 Å². The lowest BCUT2D eigenvalue weighted by Crippen LogP contribution is -2.49. The molecule has 0 aliphatic carbocycles. The van der Waals surface area contributed by atoms with E-state index in [2.05, 4.69) is 29.7 Å². The van der Waals surface area contributed by atoms with E-state index in [9.17, 15) is 28.8 Å². The molecular weight excluding hydrogens is 578 g/mol. The zero-order valence-corrected chi connectivity index (χ0v) is 25.7. The summed E-state index contributed by atoms with van der Waals surface area (Å²) in [6, 6.07) is -2.32. The minimum absolute atomic E-state index is 0.0881. The van der Waals surface area contributed by atoms with Crippen molar-refractivity contribution >= 4 is 47.3 Å². The smallest absolute Gasteiger partial charge is 0.322 e. The molecule has 2 amide bonds. The number of hydrogen-bond acceptors (Lipinski definition) is 8. The van der Waals surface area contributed by atoms with Crippen LogP contribution in [0.4, 0.5) is 0 Å². The molecule has 0 rings (SSSR count). The maximum Gasteiger partial charge on any atom is 0.322 e. The van der Waals surface area contributed by atoms with E-state index in [0.29, 0.717) is 12.8 Å². The van der Waals surface area contributed by atoms with Crippen LogP contribution in [0, 0.1) is 0 Å². The lowest BCUT2D eigenvalue weighted by Gasteiger charge is -2.21. The van der Waals surface area contributed by atoms with Crippen molar-refractivity contribution in [3.05, 3.63) is 36.5 Å². The summed E-state index contributed by atoms with van der Waals surface area (Å²) in [6.07, 6.45) is 17.7. The standard InChI is InChI=1S/C30H47N3O9S/c1-2-3-4-5-6-7-8-9-10-15-23(16-11-13-22(34)14-12-17-27(36)37)43-21-25(29(40)32-20-28(38)39)33-26(35)19-18-24(31)30(41)42/h6-7,9-11,13,23-25H,2-5,8,12,14-21,31H2,1H3,(H,32,40)(H,33,35)(H,36,37)(H,38,39)(H,41,42). The number of rotatable bonds is 26. The zero-order chi connectivity index (χ0) is 32.5. The number of hydrogen-bond donors (Lipinski definition) is 6. The molecule has 0 aromatic heterocycles. The molecule has 0 saturated heterocycles. The Balaban J connectivity index is 5.36. The van der Waals surface area contributed by atoms with Gasteiger partial charge in [0.2, 0.25) is 11.8 Å². The summed E-state index contributed by atoms with van der Waals surface area (Å²) in [7, 11) is 0. The summed E-state index contributed by atoms with van der Waals surface area (Å²) in [5.41, 5.74) is 5.45. The number of ketones is 1. The van der Waals surface area contributed by atoms with Gasteiger partial charge in [-0.3, -0.25) is 28.8 Å². The van der Waals surface area contributed by atoms with Crippen LogP contribution in [0.1, 0.15) is 84.0 Å². The molecule has 0 aliphatic heterocycles. The van der Waals surface area contributed by atoms with Crippen molar-refractivity contribution in [2.24, 2.45) is 5.73 Å². The summed E-state index contributed by atoms with van der Waals surface area (Å²) in [4.78, 5) is 69.7. The van der Waals surface area contributed by atoms with Crippen LogP contribution in [0.15, 0.2) is 36.5 Å². The van der Waals surface area contributed by atoms with Gasteiger partial charge in [-0.05, 0) is 51.0 Å². The van der Waals surface area contributed by atoms with E-state index in [-0.39, 0.29) is 48.9 Å². The highest BCUT2D eigenvalue weighted by molar-refractivity contribution is 8.00. The first-order valence-corrected chi connectivity index (χ1v) is 15.6. The van der Waals surface area contributed by atoms with E-state index in [4.69, 9.17) is 21.1 Å². The number of allylic oxidation sites excluding steroid dienone is 6. The van der Waals surface area contributed by atoms with E-state index < -0.39 is 48.4 Å². The number of carbonyl (C=O) groups is 6. The van der Waals surface area contributed by atoms with Crippen LogP contribution in [-0.4, -0.2) is 80.5 Å². The highest BCUT2D eigenvalue weighted by Crippen LogP contribution is 2.21. The maximum atomic E-state index is 12.7. The predicted octanol–water partition coefficient (Wildman–Crippen LogP) is 3.21. The average molecular weight is 626 g/mol. The molecule has 0 radical (unpaired) electrons. The first kappa shape index (κ1) is 39.5. The van der Waals surface area contributed by atoms with Gasteiger partial charge >= 0.3 is 17.9 Å². The molecule has 0 saturated carbocycles. The molecule has 0 aliphatic rings. The first-order valence-electron chi connectivity index (χ1n) is 14.6. The average Bonchev–Trinajstić information content (AvgIpc) is 2.94. The van der Waals surface area contributed by atoms with Crippen LogP contribution in [0.5, 0.6) is 0 Å². The second-order valence-corrected chi connectivity index (χ2v) is 11.3. The summed E-state index contributed by atoms with van der Waals surface area (Å²) < 4.78 is 0. The highest BCUT2D eigenvalue weighted by Gasteiger charge is 2.24. The number of thioether (sulfide) groups is 1. The SMILES string of the molecule is CCCCCC=CCC=CCC(CC=CC(=O)CCCC(=O)O)SCC(NC(=O)CCC(N)C(=O)O)C(=O)NCC(=O)O. The number of carbonyl (C=O) groups excluding carboxylic acids is 3. The molecule has 3 unspecified atom stereocenters. The number of carboxylic acid groups (broad SMARTS) is 3. The second-order valence-electron chi connectivity index (χ2n) is 9.93. The fraction of sp³-hybridized carbons (Fsp3) is 0.600. The fourth-order valence-corrected chi connectivity index (χ4v) is 4.80. The Bertz CT molecular complexity index is 982. The molecule has 12 nitrogen and oxygen atoms in total. The Morgan fingerprint density at radius 3 is 2.19 bits per heavy atom. The Hall–Kier alpha value is -3.45. The molecule has 0 heterocycles. The van der Waals surface area contributed by atoms with Gasteiger partial charge in [0, 0.05) is 30.3 Å². The van der Waals surface area contributed by atoms with Gasteiger partial charge in [0.1, 0.15) is 18.6 Å². The molecule has 13 heteroatoms. The molecule has 242 valence electrons. The van der Waals surface area contributed by atoms with Crippen molar-refractivity contribution in [2.75, 3.05) is 12.3 Å². The summed E-state index contributed by atoms with van der Waals surface area (Å²) in [5.74, 6) is -4.85. The summed E-state index contributed by atoms with van der Waals surface area (Å²) in [5, 5.41) is 31.3. The van der Waals surface area contributed by atoms with Gasteiger partial charge in [-0.1, -0.05) is 50.1 Å². The van der Waals surface area contributed by atoms with Gasteiger partial charge in [-0.2, -0.15) is 11.8 Å². The van der Waals surface area contributed by atoms with Crippen molar-refractivity contribution in [2.45, 2.75) is 101 Å². The third kappa shape index (κ3) is 23.8. The highest BCUT2D eigenvalue weighted by atomic mass is 32.2. The molecule has 0 aromatic rings. The first-order chi connectivity index (χ1) is 20.5. The molecule has 0 aromatic carbocycles. The van der Waals surface area contributed by atoms with Crippen molar-refractivity contribution in [3.8, 4) is 0 Å². The quantitative estimate of drug-likeness (QED) is 0.0466. The Morgan fingerprint density at radius 1 is 0.837 bits per heavy atom. The van der Waals surface area contributed by atoms with Crippen LogP contribution in [-0.2, 0) is 28.8 Å². The lowest BCUT2D eigenvalue weighted by molar-refractivity contribution is -0.139. The number of unbranched alkanes of at least 4 members (excludes halogenated alkanes) is 3. The molecule has 0 bridgehead atoms. The number of aliphatic carboxylic acids is 3. The normalized spacial score (nSPS) is 13.6. The minimum atomic E-state index is -1.25. The van der Waals surface area contributed by atoms with E-state index in [1.807, 2.05) is 12.2 Å². The molecule has 7 N–H and O–H groups in total. The van der Waals surface area contributed by atoms with Gasteiger partial charge in [-0.25, -0.2) is 0 Å². The maximum absolute atomic E-state index is 12.7. The van der Waals surface area contributed by atoms with E-state index in [0.717, 1.165) is 19.3 Å². The van der Waals surface area contributed by atoms with Crippen LogP contribution in [0.2, 0.25) is 0 Å². The minimum Gasteiger partial charge on any atom is -0.481 e. The summed E-state index contributed by atoms with van der Waals surface area (Å²) in [6.45, 7) is 1.52. The van der Waals surface area contributed by atoms with Crippen LogP contribution < -0.4 is 16.4 Å². The third-order valence-electron chi connectivity index (χ3n) is 6.06. The van der Waals surface area contributed by atoms with Crippen LogP contribution in [0.25, 0.3) is 0 Å². The van der Waals surface area contributed by atoms with Gasteiger partial charge < -0.3 is 31.7 Å². The number of nitrogens with two attached hydrogens (primary N) is 1. The Morgan fingerprint density at radius 2 is 1.53 bits per heavy atom. The third-order valence-corrected chi connectivity index (χ3v) is 7.44. The van der Waals surface area contributed by atoms with Crippen molar-refractivity contribution in [3.63, 3.8) is 0 Å². The van der Waals surface area contributed by atoms with Gasteiger partial charge in [0.25, 0.3) is 0 Å². The topological polar surface area (TPSA) is 213 Å². The Labute approximate surface area is 257 Å². The monoisotopic (exact) mass is 625 g/mol. The summed E-state index contributed by atoms with van der Waals surface area (Å²) >= 11 is 1.36. The second kappa shape index (κ2) is 25.1. The van der Waals surface area contributed by atoms with Gasteiger partial charge in [-0.15, -0.1) is 0 Å². The largest absolute Gasteiger partial charge is 0.481 e. The predicted molar refractivity (Wildman–Crippen MR) is 166 cm³/mol. The number of carboxylic acids is 3. The Kier molecular flexibility index (Phi) is 23.1. The molecule has 3 atom stereocenters.